The van der Waals surface area contributed by atoms with Crippen molar-refractivity contribution in [2.75, 3.05) is 19.6 Å². The van der Waals surface area contributed by atoms with Crippen LogP contribution in [0.5, 0.6) is 0 Å². The number of hydrogen-bond donors (Lipinski definition) is 2. The summed E-state index contributed by atoms with van der Waals surface area (Å²) in [6, 6.07) is 6.88. The van der Waals surface area contributed by atoms with E-state index in [0.717, 1.165) is 38.4 Å². The van der Waals surface area contributed by atoms with Gasteiger partial charge in [-0.25, -0.2) is 4.39 Å². The van der Waals surface area contributed by atoms with Crippen molar-refractivity contribution in [3.8, 4) is 0 Å². The molecule has 5 heteroatoms. The molecular weight excluding hydrogens is 368 g/mol. The molecule has 1 aliphatic carbocycles. The second kappa shape index (κ2) is 6.74. The molecule has 1 aromatic rings. The number of rotatable bonds is 4. The maximum atomic E-state index is 12.9. The number of nitrogens with zero attached hydrogens (tertiary/aromatic N) is 1. The summed E-state index contributed by atoms with van der Waals surface area (Å²) in [5.74, 6) is 0.782. The molecule has 3 nitrogen and oxygen atoms in total. The highest BCUT2D eigenvalue weighted by molar-refractivity contribution is 14.0. The SMILES string of the molecule is Fc1ccc(CC2(CNC3=NCCCN3)CC2)cc1.I. The van der Waals surface area contributed by atoms with E-state index in [1.54, 1.807) is 12.1 Å². The first kappa shape index (κ1) is 15.5. The van der Waals surface area contributed by atoms with Gasteiger partial charge in [-0.1, -0.05) is 12.1 Å². The molecule has 0 atom stereocenters. The minimum Gasteiger partial charge on any atom is -0.356 e. The molecule has 2 aliphatic rings. The molecule has 1 saturated carbocycles. The summed E-state index contributed by atoms with van der Waals surface area (Å²) in [6.07, 6.45) is 4.62. The lowest BCUT2D eigenvalue weighted by atomic mass is 9.96. The van der Waals surface area contributed by atoms with E-state index in [1.807, 2.05) is 12.1 Å². The van der Waals surface area contributed by atoms with Crippen LogP contribution in [0.25, 0.3) is 0 Å². The third kappa shape index (κ3) is 4.07. The van der Waals surface area contributed by atoms with Gasteiger partial charge in [-0.05, 0) is 48.8 Å². The predicted octanol–water partition coefficient (Wildman–Crippen LogP) is 2.71. The van der Waals surface area contributed by atoms with Gasteiger partial charge in [0, 0.05) is 19.6 Å². The molecule has 20 heavy (non-hydrogen) atoms. The first-order valence-electron chi connectivity index (χ1n) is 7.03. The number of nitrogens with one attached hydrogen (secondary N) is 2. The van der Waals surface area contributed by atoms with Crippen molar-refractivity contribution < 1.29 is 4.39 Å². The van der Waals surface area contributed by atoms with Gasteiger partial charge < -0.3 is 10.6 Å². The maximum absolute atomic E-state index is 12.9. The van der Waals surface area contributed by atoms with Crippen molar-refractivity contribution in [2.45, 2.75) is 25.7 Å². The fourth-order valence-corrected chi connectivity index (χ4v) is 2.55. The fourth-order valence-electron chi connectivity index (χ4n) is 2.55. The number of halogens is 2. The van der Waals surface area contributed by atoms with E-state index in [4.69, 9.17) is 0 Å². The quantitative estimate of drug-likeness (QED) is 0.778. The van der Waals surface area contributed by atoms with E-state index >= 15 is 0 Å². The van der Waals surface area contributed by atoms with Gasteiger partial charge in [0.2, 0.25) is 0 Å². The Morgan fingerprint density at radius 3 is 2.60 bits per heavy atom. The molecule has 0 saturated heterocycles. The van der Waals surface area contributed by atoms with E-state index in [1.165, 1.54) is 18.4 Å². The van der Waals surface area contributed by atoms with Gasteiger partial charge in [0.25, 0.3) is 0 Å². The monoisotopic (exact) mass is 389 g/mol. The number of guanidine groups is 1. The van der Waals surface area contributed by atoms with Gasteiger partial charge in [0.1, 0.15) is 5.82 Å². The van der Waals surface area contributed by atoms with Gasteiger partial charge in [-0.2, -0.15) is 0 Å². The van der Waals surface area contributed by atoms with Crippen LogP contribution >= 0.6 is 24.0 Å². The van der Waals surface area contributed by atoms with Crippen LogP contribution in [-0.4, -0.2) is 25.6 Å². The normalized spacial score (nSPS) is 19.4. The van der Waals surface area contributed by atoms with Gasteiger partial charge in [0.15, 0.2) is 5.96 Å². The third-order valence-electron chi connectivity index (χ3n) is 3.98. The molecule has 0 radical (unpaired) electrons. The van der Waals surface area contributed by atoms with Crippen molar-refractivity contribution >= 4 is 29.9 Å². The Hall–Kier alpha value is -0.850. The minimum atomic E-state index is -0.160. The molecule has 1 fully saturated rings. The van der Waals surface area contributed by atoms with E-state index < -0.39 is 0 Å². The average molecular weight is 389 g/mol. The lowest BCUT2D eigenvalue weighted by Crippen LogP contribution is -2.43. The first-order chi connectivity index (χ1) is 9.26. The van der Waals surface area contributed by atoms with Crippen molar-refractivity contribution in [1.29, 1.82) is 0 Å². The zero-order chi connectivity index (χ0) is 13.1. The lowest BCUT2D eigenvalue weighted by molar-refractivity contribution is 0.489. The Bertz CT molecular complexity index is 469. The Labute approximate surface area is 136 Å². The van der Waals surface area contributed by atoms with Crippen molar-refractivity contribution in [3.05, 3.63) is 35.6 Å². The first-order valence-corrected chi connectivity index (χ1v) is 7.03. The zero-order valence-electron chi connectivity index (χ0n) is 11.5. The summed E-state index contributed by atoms with van der Waals surface area (Å²) in [7, 11) is 0. The lowest BCUT2D eigenvalue weighted by Gasteiger charge is -2.20. The summed E-state index contributed by atoms with van der Waals surface area (Å²) in [4.78, 5) is 4.42. The molecule has 2 N–H and O–H groups in total. The second-order valence-electron chi connectivity index (χ2n) is 5.67. The molecule has 0 unspecified atom stereocenters. The van der Waals surface area contributed by atoms with Crippen LogP contribution < -0.4 is 10.6 Å². The third-order valence-corrected chi connectivity index (χ3v) is 3.98. The molecular formula is C15H21FIN3. The van der Waals surface area contributed by atoms with Crippen LogP contribution in [0.4, 0.5) is 4.39 Å². The maximum Gasteiger partial charge on any atom is 0.191 e. The van der Waals surface area contributed by atoms with E-state index in [0.29, 0.717) is 5.41 Å². The summed E-state index contributed by atoms with van der Waals surface area (Å²) >= 11 is 0. The molecule has 3 rings (SSSR count). The molecule has 1 aliphatic heterocycles. The van der Waals surface area contributed by atoms with Crippen LogP contribution in [0.15, 0.2) is 29.3 Å². The average Bonchev–Trinajstić information content (AvgIpc) is 3.21. The Morgan fingerprint density at radius 1 is 1.25 bits per heavy atom. The zero-order valence-corrected chi connectivity index (χ0v) is 13.8. The minimum absolute atomic E-state index is 0. The number of hydrogen-bond acceptors (Lipinski definition) is 3. The Kier molecular flexibility index (Phi) is 5.23. The van der Waals surface area contributed by atoms with E-state index in [2.05, 4.69) is 15.6 Å². The largest absolute Gasteiger partial charge is 0.356 e. The fraction of sp³-hybridized carbons (Fsp3) is 0.533. The predicted molar refractivity (Wildman–Crippen MR) is 90.1 cm³/mol. The highest BCUT2D eigenvalue weighted by Crippen LogP contribution is 2.47. The molecule has 0 bridgehead atoms. The van der Waals surface area contributed by atoms with Crippen molar-refractivity contribution in [3.63, 3.8) is 0 Å². The molecule has 0 aromatic heterocycles. The van der Waals surface area contributed by atoms with Crippen LogP contribution in [0.3, 0.4) is 0 Å². The van der Waals surface area contributed by atoms with Crippen LogP contribution in [0, 0.1) is 11.2 Å². The van der Waals surface area contributed by atoms with Crippen LogP contribution in [0.1, 0.15) is 24.8 Å². The Morgan fingerprint density at radius 2 is 2.00 bits per heavy atom. The summed E-state index contributed by atoms with van der Waals surface area (Å²) in [6.45, 7) is 2.88. The summed E-state index contributed by atoms with van der Waals surface area (Å²) in [5.41, 5.74) is 1.57. The molecule has 1 heterocycles. The van der Waals surface area contributed by atoms with E-state index in [9.17, 15) is 4.39 Å². The summed E-state index contributed by atoms with van der Waals surface area (Å²) in [5, 5.41) is 6.70. The van der Waals surface area contributed by atoms with Crippen molar-refractivity contribution in [1.82, 2.24) is 10.6 Å². The topological polar surface area (TPSA) is 36.4 Å². The van der Waals surface area contributed by atoms with Gasteiger partial charge in [0.05, 0.1) is 0 Å². The smallest absolute Gasteiger partial charge is 0.191 e. The Balaban J connectivity index is 0.00000147. The number of aliphatic imine (C=N–C) groups is 1. The molecule has 1 aromatic carbocycles. The molecule has 0 spiro atoms. The van der Waals surface area contributed by atoms with Gasteiger partial charge >= 0.3 is 0 Å². The summed E-state index contributed by atoms with van der Waals surface area (Å²) < 4.78 is 12.9. The highest BCUT2D eigenvalue weighted by Gasteiger charge is 2.42. The van der Waals surface area contributed by atoms with E-state index in [-0.39, 0.29) is 29.8 Å². The number of benzene rings is 1. The van der Waals surface area contributed by atoms with Crippen molar-refractivity contribution in [2.24, 2.45) is 10.4 Å². The van der Waals surface area contributed by atoms with Crippen LogP contribution in [0.2, 0.25) is 0 Å². The second-order valence-corrected chi connectivity index (χ2v) is 5.67. The van der Waals surface area contributed by atoms with Crippen LogP contribution in [-0.2, 0) is 6.42 Å². The van der Waals surface area contributed by atoms with Gasteiger partial charge in [-0.3, -0.25) is 4.99 Å². The molecule has 0 amide bonds. The van der Waals surface area contributed by atoms with Gasteiger partial charge in [-0.15, -0.1) is 24.0 Å². The molecule has 110 valence electrons. The standard InChI is InChI=1S/C15H20FN3.HI/c16-13-4-2-12(3-5-13)10-15(6-7-15)11-19-14-17-8-1-9-18-14;/h2-5H,1,6-11H2,(H2,17,18,19);1H. The highest BCUT2D eigenvalue weighted by atomic mass is 127.